The highest BCUT2D eigenvalue weighted by Gasteiger charge is 2.18. The van der Waals surface area contributed by atoms with Crippen LogP contribution in [0, 0.1) is 6.92 Å². The van der Waals surface area contributed by atoms with Gasteiger partial charge >= 0.3 is 0 Å². The van der Waals surface area contributed by atoms with Crippen molar-refractivity contribution in [1.82, 2.24) is 15.5 Å². The third-order valence-corrected chi connectivity index (χ3v) is 5.19. The van der Waals surface area contributed by atoms with Gasteiger partial charge in [-0.3, -0.25) is 9.59 Å². The SMILES string of the molecule is C=CCSc1nnc(NC(=O)CC(NC(C)=O)c2ccc(C)cc2)s1. The van der Waals surface area contributed by atoms with E-state index in [1.165, 1.54) is 30.0 Å². The Morgan fingerprint density at radius 2 is 2.04 bits per heavy atom. The molecule has 1 aromatic carbocycles. The van der Waals surface area contributed by atoms with Gasteiger partial charge in [-0.2, -0.15) is 0 Å². The molecule has 0 saturated carbocycles. The van der Waals surface area contributed by atoms with Crippen LogP contribution in [0.1, 0.15) is 30.5 Å². The Kier molecular flexibility index (Phi) is 7.15. The summed E-state index contributed by atoms with van der Waals surface area (Å²) in [6, 6.07) is 7.35. The van der Waals surface area contributed by atoms with Crippen LogP contribution in [0.15, 0.2) is 41.3 Å². The zero-order valence-electron chi connectivity index (χ0n) is 14.1. The number of benzene rings is 1. The Morgan fingerprint density at radius 3 is 2.68 bits per heavy atom. The number of thioether (sulfide) groups is 1. The molecule has 0 spiro atoms. The molecule has 8 heteroatoms. The fourth-order valence-electron chi connectivity index (χ4n) is 2.10. The molecule has 2 rings (SSSR count). The van der Waals surface area contributed by atoms with E-state index in [1.54, 1.807) is 6.08 Å². The monoisotopic (exact) mass is 376 g/mol. The van der Waals surface area contributed by atoms with E-state index in [0.717, 1.165) is 21.2 Å². The number of aromatic nitrogens is 2. The number of hydrogen-bond donors (Lipinski definition) is 2. The summed E-state index contributed by atoms with van der Waals surface area (Å²) < 4.78 is 0.771. The first kappa shape index (κ1) is 19.1. The van der Waals surface area contributed by atoms with E-state index in [4.69, 9.17) is 0 Å². The molecular weight excluding hydrogens is 356 g/mol. The van der Waals surface area contributed by atoms with Crippen LogP contribution in [0.25, 0.3) is 0 Å². The molecule has 0 aliphatic heterocycles. The molecular formula is C17H20N4O2S2. The maximum absolute atomic E-state index is 12.3. The highest BCUT2D eigenvalue weighted by Crippen LogP contribution is 2.26. The average molecular weight is 377 g/mol. The van der Waals surface area contributed by atoms with Crippen molar-refractivity contribution in [3.05, 3.63) is 48.0 Å². The first-order chi connectivity index (χ1) is 12.0. The van der Waals surface area contributed by atoms with Gasteiger partial charge in [0.15, 0.2) is 4.34 Å². The van der Waals surface area contributed by atoms with Gasteiger partial charge in [-0.25, -0.2) is 0 Å². The van der Waals surface area contributed by atoms with Crippen LogP contribution in [-0.4, -0.2) is 27.8 Å². The molecule has 1 atom stereocenters. The summed E-state index contributed by atoms with van der Waals surface area (Å²) in [5, 5.41) is 14.0. The van der Waals surface area contributed by atoms with E-state index in [9.17, 15) is 9.59 Å². The van der Waals surface area contributed by atoms with Gasteiger partial charge in [0.25, 0.3) is 0 Å². The molecule has 2 N–H and O–H groups in total. The molecule has 2 aromatic rings. The number of anilines is 1. The van der Waals surface area contributed by atoms with Crippen molar-refractivity contribution >= 4 is 40.0 Å². The smallest absolute Gasteiger partial charge is 0.228 e. The molecule has 132 valence electrons. The van der Waals surface area contributed by atoms with Gasteiger partial charge in [-0.05, 0) is 12.5 Å². The van der Waals surface area contributed by atoms with Crippen molar-refractivity contribution in [3.63, 3.8) is 0 Å². The van der Waals surface area contributed by atoms with Crippen LogP contribution >= 0.6 is 23.1 Å². The van der Waals surface area contributed by atoms with E-state index in [2.05, 4.69) is 27.4 Å². The van der Waals surface area contributed by atoms with Gasteiger partial charge < -0.3 is 10.6 Å². The molecule has 0 bridgehead atoms. The molecule has 1 heterocycles. The molecule has 2 amide bonds. The first-order valence-electron chi connectivity index (χ1n) is 7.68. The molecule has 1 unspecified atom stereocenters. The molecule has 0 saturated heterocycles. The van der Waals surface area contributed by atoms with E-state index in [-0.39, 0.29) is 24.3 Å². The van der Waals surface area contributed by atoms with E-state index in [1.807, 2.05) is 31.2 Å². The zero-order chi connectivity index (χ0) is 18.2. The second-order valence-corrected chi connectivity index (χ2v) is 7.63. The number of carbonyl (C=O) groups is 2. The van der Waals surface area contributed by atoms with Crippen LogP contribution in [0.4, 0.5) is 5.13 Å². The lowest BCUT2D eigenvalue weighted by atomic mass is 10.0. The molecule has 0 aliphatic rings. The summed E-state index contributed by atoms with van der Waals surface area (Å²) in [5.41, 5.74) is 2.00. The van der Waals surface area contributed by atoms with Crippen molar-refractivity contribution in [3.8, 4) is 0 Å². The lowest BCUT2D eigenvalue weighted by molar-refractivity contribution is -0.120. The predicted octanol–water partition coefficient (Wildman–Crippen LogP) is 3.33. The van der Waals surface area contributed by atoms with Crippen molar-refractivity contribution in [2.45, 2.75) is 30.6 Å². The number of nitrogens with one attached hydrogen (secondary N) is 2. The van der Waals surface area contributed by atoms with Crippen LogP contribution in [-0.2, 0) is 9.59 Å². The molecule has 1 aromatic heterocycles. The van der Waals surface area contributed by atoms with Gasteiger partial charge in [-0.15, -0.1) is 16.8 Å². The number of nitrogens with zero attached hydrogens (tertiary/aromatic N) is 2. The highest BCUT2D eigenvalue weighted by atomic mass is 32.2. The molecule has 0 radical (unpaired) electrons. The summed E-state index contributed by atoms with van der Waals surface area (Å²) in [6.45, 7) is 7.08. The third kappa shape index (κ3) is 6.32. The summed E-state index contributed by atoms with van der Waals surface area (Å²) in [4.78, 5) is 23.8. The van der Waals surface area contributed by atoms with Gasteiger partial charge in [0, 0.05) is 12.7 Å². The minimum atomic E-state index is -0.388. The van der Waals surface area contributed by atoms with E-state index in [0.29, 0.717) is 5.13 Å². The molecule has 0 fully saturated rings. The maximum atomic E-state index is 12.3. The number of aryl methyl sites for hydroxylation is 1. The Morgan fingerprint density at radius 1 is 1.32 bits per heavy atom. The van der Waals surface area contributed by atoms with Gasteiger partial charge in [0.05, 0.1) is 12.5 Å². The van der Waals surface area contributed by atoms with Crippen LogP contribution < -0.4 is 10.6 Å². The Balaban J connectivity index is 2.01. The van der Waals surface area contributed by atoms with Crippen LogP contribution in [0.3, 0.4) is 0 Å². The quantitative estimate of drug-likeness (QED) is 0.419. The van der Waals surface area contributed by atoms with Gasteiger partial charge in [0.2, 0.25) is 16.9 Å². The van der Waals surface area contributed by atoms with Crippen molar-refractivity contribution < 1.29 is 9.59 Å². The fraction of sp³-hybridized carbons (Fsp3) is 0.294. The first-order valence-corrected chi connectivity index (χ1v) is 9.49. The van der Waals surface area contributed by atoms with Crippen molar-refractivity contribution in [2.24, 2.45) is 0 Å². The summed E-state index contributed by atoms with van der Waals surface area (Å²) in [6.07, 6.45) is 1.90. The second-order valence-electron chi connectivity index (χ2n) is 5.39. The highest BCUT2D eigenvalue weighted by molar-refractivity contribution is 8.01. The minimum absolute atomic E-state index is 0.122. The summed E-state index contributed by atoms with van der Waals surface area (Å²) in [7, 11) is 0. The minimum Gasteiger partial charge on any atom is -0.349 e. The summed E-state index contributed by atoms with van der Waals surface area (Å²) >= 11 is 2.82. The maximum Gasteiger partial charge on any atom is 0.228 e. The van der Waals surface area contributed by atoms with Crippen LogP contribution in [0.2, 0.25) is 0 Å². The Labute approximate surface area is 155 Å². The zero-order valence-corrected chi connectivity index (χ0v) is 15.7. The van der Waals surface area contributed by atoms with E-state index >= 15 is 0 Å². The van der Waals surface area contributed by atoms with Crippen LogP contribution in [0.5, 0.6) is 0 Å². The van der Waals surface area contributed by atoms with E-state index < -0.39 is 0 Å². The molecule has 0 aliphatic carbocycles. The number of rotatable bonds is 8. The Bertz CT molecular complexity index is 743. The lowest BCUT2D eigenvalue weighted by Gasteiger charge is -2.17. The Hall–Kier alpha value is -2.19. The number of amides is 2. The summed E-state index contributed by atoms with van der Waals surface area (Å²) in [5.74, 6) is 0.328. The third-order valence-electron chi connectivity index (χ3n) is 3.22. The van der Waals surface area contributed by atoms with Gasteiger partial charge in [-0.1, -0.05) is 59.0 Å². The number of carbonyl (C=O) groups excluding carboxylic acids is 2. The normalized spacial score (nSPS) is 11.6. The van der Waals surface area contributed by atoms with Crippen molar-refractivity contribution in [2.75, 3.05) is 11.1 Å². The number of hydrogen-bond acceptors (Lipinski definition) is 6. The largest absolute Gasteiger partial charge is 0.349 e. The van der Waals surface area contributed by atoms with Gasteiger partial charge in [0.1, 0.15) is 0 Å². The lowest BCUT2D eigenvalue weighted by Crippen LogP contribution is -2.29. The standard InChI is InChI=1S/C17H20N4O2S2/c1-4-9-24-17-21-20-16(25-17)19-15(23)10-14(18-12(3)22)13-7-5-11(2)6-8-13/h4-8,14H,1,9-10H2,2-3H3,(H,18,22)(H,19,20,23). The average Bonchev–Trinajstić information content (AvgIpc) is 2.99. The topological polar surface area (TPSA) is 84.0 Å². The predicted molar refractivity (Wildman–Crippen MR) is 102 cm³/mol. The molecule has 25 heavy (non-hydrogen) atoms. The van der Waals surface area contributed by atoms with Crippen molar-refractivity contribution in [1.29, 1.82) is 0 Å². The molecule has 6 nitrogen and oxygen atoms in total. The second kappa shape index (κ2) is 9.33. The fourth-order valence-corrected chi connectivity index (χ4v) is 3.63.